The number of hydrogen-bond acceptors (Lipinski definition) is 4. The second-order valence-electron chi connectivity index (χ2n) is 10.2. The number of carbonyl (C=O) groups excluding carboxylic acids is 1. The van der Waals surface area contributed by atoms with Gasteiger partial charge in [-0.2, -0.15) is 0 Å². The van der Waals surface area contributed by atoms with Gasteiger partial charge in [-0.25, -0.2) is 0 Å². The summed E-state index contributed by atoms with van der Waals surface area (Å²) >= 11 is 0. The smallest absolute Gasteiger partial charge is 0.311 e. The van der Waals surface area contributed by atoms with Crippen molar-refractivity contribution < 1.29 is 19.0 Å². The number of carbonyl (C=O) groups is 1. The summed E-state index contributed by atoms with van der Waals surface area (Å²) in [5.74, 6) is 1.41. The van der Waals surface area contributed by atoms with Crippen LogP contribution in [0.2, 0.25) is 0 Å². The van der Waals surface area contributed by atoms with E-state index in [1.165, 1.54) is 20.0 Å². The first kappa shape index (κ1) is 16.6. The van der Waals surface area contributed by atoms with Gasteiger partial charge in [0.15, 0.2) is 0 Å². The lowest BCUT2D eigenvalue weighted by molar-refractivity contribution is -0.171. The maximum atomic E-state index is 12.7. The van der Waals surface area contributed by atoms with Gasteiger partial charge in [-0.3, -0.25) is 4.79 Å². The van der Waals surface area contributed by atoms with E-state index in [0.717, 1.165) is 25.7 Å². The molecule has 5 aliphatic rings. The van der Waals surface area contributed by atoms with Crippen molar-refractivity contribution in [2.75, 3.05) is 7.11 Å². The Balaban J connectivity index is 1.52. The average Bonchev–Trinajstić information content (AvgIpc) is 3.45. The first-order valence-corrected chi connectivity index (χ1v) is 10.2. The molecule has 5 fully saturated rings. The van der Waals surface area contributed by atoms with Crippen LogP contribution in [0.15, 0.2) is 0 Å². The Morgan fingerprint density at radius 1 is 1.12 bits per heavy atom. The van der Waals surface area contributed by atoms with Crippen molar-refractivity contribution in [3.8, 4) is 0 Å². The maximum Gasteiger partial charge on any atom is 0.311 e. The van der Waals surface area contributed by atoms with Gasteiger partial charge < -0.3 is 14.2 Å². The molecular weight excluding hydrogens is 316 g/mol. The largest absolute Gasteiger partial charge is 0.469 e. The molecule has 4 nitrogen and oxygen atoms in total. The van der Waals surface area contributed by atoms with Crippen molar-refractivity contribution in [3.05, 3.63) is 0 Å². The van der Waals surface area contributed by atoms with Gasteiger partial charge in [0.05, 0.1) is 18.6 Å². The normalized spacial score (nSPS) is 58.5. The standard InChI is InChI=1S/C21H32O4/c1-12(2)20-10-7-13-18(3)8-6-9-19(4,17(22)23-5)14(18)11-15-21(13,24-15)16(20)25-20/h12-16H,6-11H2,1-5H3/t13-,14-,15-,16+,18-,19-,20-,21+/m1/s1. The first-order chi connectivity index (χ1) is 11.8. The summed E-state index contributed by atoms with van der Waals surface area (Å²) in [6, 6.07) is 0. The molecule has 140 valence electrons. The van der Waals surface area contributed by atoms with E-state index >= 15 is 0 Å². The van der Waals surface area contributed by atoms with E-state index in [0.29, 0.717) is 17.8 Å². The molecule has 0 aromatic rings. The summed E-state index contributed by atoms with van der Waals surface area (Å²) in [7, 11) is 1.54. The number of fused-ring (bicyclic) bond motifs is 3. The van der Waals surface area contributed by atoms with E-state index in [-0.39, 0.29) is 40.2 Å². The van der Waals surface area contributed by atoms with Crippen molar-refractivity contribution in [1.82, 2.24) is 0 Å². The minimum Gasteiger partial charge on any atom is -0.469 e. The molecule has 0 amide bonds. The van der Waals surface area contributed by atoms with E-state index in [1.807, 2.05) is 0 Å². The summed E-state index contributed by atoms with van der Waals surface area (Å²) in [6.07, 6.45) is 7.14. The van der Waals surface area contributed by atoms with Crippen molar-refractivity contribution in [3.63, 3.8) is 0 Å². The van der Waals surface area contributed by atoms with Crippen LogP contribution in [0.4, 0.5) is 0 Å². The van der Waals surface area contributed by atoms with E-state index in [4.69, 9.17) is 14.2 Å². The molecule has 0 unspecified atom stereocenters. The van der Waals surface area contributed by atoms with Crippen LogP contribution in [0.25, 0.3) is 0 Å². The molecule has 0 aromatic carbocycles. The van der Waals surface area contributed by atoms with Crippen molar-refractivity contribution in [2.45, 2.75) is 89.6 Å². The number of ether oxygens (including phenoxy) is 3. The Bertz CT molecular complexity index is 631. The maximum absolute atomic E-state index is 12.7. The Labute approximate surface area is 151 Å². The molecule has 25 heavy (non-hydrogen) atoms. The van der Waals surface area contributed by atoms with E-state index < -0.39 is 0 Å². The van der Waals surface area contributed by atoms with Crippen molar-refractivity contribution >= 4 is 5.97 Å². The van der Waals surface area contributed by atoms with Crippen LogP contribution < -0.4 is 0 Å². The fourth-order valence-electron chi connectivity index (χ4n) is 7.73. The molecule has 0 radical (unpaired) electrons. The minimum atomic E-state index is -0.364. The van der Waals surface area contributed by atoms with Gasteiger partial charge in [-0.15, -0.1) is 0 Å². The highest BCUT2D eigenvalue weighted by Gasteiger charge is 2.85. The summed E-state index contributed by atoms with van der Waals surface area (Å²) in [4.78, 5) is 12.7. The van der Waals surface area contributed by atoms with E-state index in [9.17, 15) is 4.79 Å². The molecule has 2 aliphatic heterocycles. The Morgan fingerprint density at radius 2 is 1.88 bits per heavy atom. The van der Waals surface area contributed by atoms with Crippen LogP contribution in [0.5, 0.6) is 0 Å². The average molecular weight is 348 g/mol. The lowest BCUT2D eigenvalue weighted by atomic mass is 9.43. The molecule has 2 heterocycles. The fourth-order valence-corrected chi connectivity index (χ4v) is 7.73. The van der Waals surface area contributed by atoms with Crippen LogP contribution in [-0.2, 0) is 19.0 Å². The predicted octanol–water partition coefficient (Wildman–Crippen LogP) is 3.72. The Morgan fingerprint density at radius 3 is 2.56 bits per heavy atom. The zero-order chi connectivity index (χ0) is 17.8. The molecule has 8 atom stereocenters. The van der Waals surface area contributed by atoms with Gasteiger partial charge >= 0.3 is 5.97 Å². The SMILES string of the molecule is COC(=O)[C@]1(C)CCC[C@]2(C)[C@H]3CC[C@]4(C(C)C)O[C@@H]4[C@]34O[C@@H]4C[C@H]21. The third-order valence-corrected chi connectivity index (χ3v) is 9.15. The van der Waals surface area contributed by atoms with Gasteiger partial charge in [0.2, 0.25) is 0 Å². The molecule has 0 N–H and O–H groups in total. The monoisotopic (exact) mass is 348 g/mol. The number of epoxide rings is 2. The molecule has 0 bridgehead atoms. The molecule has 3 saturated carbocycles. The molecule has 1 spiro atoms. The van der Waals surface area contributed by atoms with Gasteiger partial charge in [0.25, 0.3) is 0 Å². The molecule has 3 aliphatic carbocycles. The Hall–Kier alpha value is -0.610. The first-order valence-electron chi connectivity index (χ1n) is 10.2. The van der Waals surface area contributed by atoms with E-state index in [1.54, 1.807) is 0 Å². The quantitative estimate of drug-likeness (QED) is 0.564. The van der Waals surface area contributed by atoms with Crippen LogP contribution in [-0.4, -0.2) is 36.5 Å². The van der Waals surface area contributed by atoms with Crippen LogP contribution in [0.3, 0.4) is 0 Å². The summed E-state index contributed by atoms with van der Waals surface area (Å²) in [5.41, 5.74) is -0.197. The van der Waals surface area contributed by atoms with E-state index in [2.05, 4.69) is 27.7 Å². The summed E-state index contributed by atoms with van der Waals surface area (Å²) in [5, 5.41) is 0. The van der Waals surface area contributed by atoms with Crippen molar-refractivity contribution in [1.29, 1.82) is 0 Å². The second-order valence-corrected chi connectivity index (χ2v) is 10.2. The van der Waals surface area contributed by atoms with Crippen LogP contribution in [0.1, 0.15) is 66.2 Å². The Kier molecular flexibility index (Phi) is 3.06. The minimum absolute atomic E-state index is 0.0217. The number of hydrogen-bond donors (Lipinski definition) is 0. The van der Waals surface area contributed by atoms with Gasteiger partial charge in [0, 0.05) is 0 Å². The van der Waals surface area contributed by atoms with Gasteiger partial charge in [0.1, 0.15) is 17.3 Å². The molecule has 4 heteroatoms. The van der Waals surface area contributed by atoms with Crippen LogP contribution in [0, 0.1) is 28.6 Å². The number of rotatable bonds is 2. The third-order valence-electron chi connectivity index (χ3n) is 9.15. The molecule has 2 saturated heterocycles. The molecule has 0 aromatic heterocycles. The van der Waals surface area contributed by atoms with Gasteiger partial charge in [-0.05, 0) is 62.2 Å². The topological polar surface area (TPSA) is 51.4 Å². The molecular formula is C21H32O4. The number of methoxy groups -OCH3 is 1. The highest BCUT2D eigenvalue weighted by Crippen LogP contribution is 2.76. The zero-order valence-corrected chi connectivity index (χ0v) is 16.3. The van der Waals surface area contributed by atoms with Crippen molar-refractivity contribution in [2.24, 2.45) is 28.6 Å². The van der Waals surface area contributed by atoms with Gasteiger partial charge in [-0.1, -0.05) is 27.2 Å². The zero-order valence-electron chi connectivity index (χ0n) is 16.3. The third kappa shape index (κ3) is 1.70. The summed E-state index contributed by atoms with van der Waals surface area (Å²) < 4.78 is 18.1. The lowest BCUT2D eigenvalue weighted by Crippen LogP contribution is -2.61. The van der Waals surface area contributed by atoms with Crippen LogP contribution >= 0.6 is 0 Å². The number of esters is 1. The lowest BCUT2D eigenvalue weighted by Gasteiger charge is -2.58. The predicted molar refractivity (Wildman–Crippen MR) is 93.0 cm³/mol. The second kappa shape index (κ2) is 4.62. The summed E-state index contributed by atoms with van der Waals surface area (Å²) in [6.45, 7) is 9.16. The highest BCUT2D eigenvalue weighted by atomic mass is 16.7. The molecule has 5 rings (SSSR count). The highest BCUT2D eigenvalue weighted by molar-refractivity contribution is 5.77. The fraction of sp³-hybridized carbons (Fsp3) is 0.952.